The SMILES string of the molecule is COC(=O)/C(=C/N(C)C)CC/C(=C\N(C)C)C(=O)OC. The van der Waals surface area contributed by atoms with E-state index in [1.54, 1.807) is 22.2 Å². The lowest BCUT2D eigenvalue weighted by Gasteiger charge is -2.13. The highest BCUT2D eigenvalue weighted by atomic mass is 16.5. The maximum Gasteiger partial charge on any atom is 0.335 e. The average Bonchev–Trinajstić information content (AvgIpc) is 2.39. The summed E-state index contributed by atoms with van der Waals surface area (Å²) >= 11 is 0. The van der Waals surface area contributed by atoms with Gasteiger partial charge in [0.1, 0.15) is 0 Å². The van der Waals surface area contributed by atoms with E-state index in [9.17, 15) is 9.59 Å². The standard InChI is InChI=1S/C14H24N2O4/c1-15(2)9-11(13(17)19-5)7-8-12(10-16(3)4)14(18)20-6/h9-10H,7-8H2,1-6H3/b11-9+,12-10+. The monoisotopic (exact) mass is 284 g/mol. The van der Waals surface area contributed by atoms with Gasteiger partial charge in [0.25, 0.3) is 0 Å². The summed E-state index contributed by atoms with van der Waals surface area (Å²) in [5.74, 6) is -0.791. The van der Waals surface area contributed by atoms with Gasteiger partial charge in [0.05, 0.1) is 25.4 Å². The Morgan fingerprint density at radius 3 is 1.30 bits per heavy atom. The lowest BCUT2D eigenvalue weighted by Crippen LogP contribution is -2.14. The topological polar surface area (TPSA) is 59.1 Å². The molecule has 0 aromatic carbocycles. The van der Waals surface area contributed by atoms with Crippen LogP contribution >= 0.6 is 0 Å². The van der Waals surface area contributed by atoms with Gasteiger partial charge in [-0.3, -0.25) is 0 Å². The van der Waals surface area contributed by atoms with Gasteiger partial charge < -0.3 is 19.3 Å². The molecule has 0 N–H and O–H groups in total. The molecule has 0 rings (SSSR count). The second kappa shape index (κ2) is 9.01. The van der Waals surface area contributed by atoms with Crippen molar-refractivity contribution in [2.45, 2.75) is 12.8 Å². The number of carbonyl (C=O) groups is 2. The molecule has 6 nitrogen and oxygen atoms in total. The molecule has 0 fully saturated rings. The Balaban J connectivity index is 4.97. The Kier molecular flexibility index (Phi) is 8.12. The molecule has 0 aliphatic rings. The lowest BCUT2D eigenvalue weighted by molar-refractivity contribution is -0.137. The molecule has 0 aromatic heterocycles. The number of methoxy groups -OCH3 is 2. The van der Waals surface area contributed by atoms with Gasteiger partial charge in [0.15, 0.2) is 0 Å². The number of nitrogens with zero attached hydrogens (tertiary/aromatic N) is 2. The van der Waals surface area contributed by atoms with Gasteiger partial charge in [-0.05, 0) is 12.8 Å². The molecule has 114 valence electrons. The summed E-state index contributed by atoms with van der Waals surface area (Å²) < 4.78 is 9.47. The first kappa shape index (κ1) is 18.0. The van der Waals surface area contributed by atoms with E-state index in [2.05, 4.69) is 0 Å². The van der Waals surface area contributed by atoms with Gasteiger partial charge in [-0.25, -0.2) is 9.59 Å². The Labute approximate surface area is 120 Å². The largest absolute Gasteiger partial charge is 0.466 e. The highest BCUT2D eigenvalue weighted by Crippen LogP contribution is 2.15. The predicted molar refractivity (Wildman–Crippen MR) is 76.8 cm³/mol. The summed E-state index contributed by atoms with van der Waals surface area (Å²) in [6.45, 7) is 0. The van der Waals surface area contributed by atoms with Crippen molar-refractivity contribution in [3.8, 4) is 0 Å². The molecule has 0 radical (unpaired) electrons. The van der Waals surface area contributed by atoms with Gasteiger partial charge in [0.2, 0.25) is 0 Å². The fraction of sp³-hybridized carbons (Fsp3) is 0.571. The third-order valence-electron chi connectivity index (χ3n) is 2.39. The molecular formula is C14H24N2O4. The van der Waals surface area contributed by atoms with Crippen LogP contribution in [0.4, 0.5) is 0 Å². The van der Waals surface area contributed by atoms with Crippen LogP contribution in [0, 0.1) is 0 Å². The van der Waals surface area contributed by atoms with Crippen LogP contribution in [-0.4, -0.2) is 64.1 Å². The van der Waals surface area contributed by atoms with Crippen molar-refractivity contribution in [2.24, 2.45) is 0 Å². The maximum atomic E-state index is 11.7. The molecule has 20 heavy (non-hydrogen) atoms. The Morgan fingerprint density at radius 2 is 1.10 bits per heavy atom. The normalized spacial score (nSPS) is 11.9. The minimum atomic E-state index is -0.396. The Hall–Kier alpha value is -1.98. The number of hydrogen-bond donors (Lipinski definition) is 0. The minimum absolute atomic E-state index is 0.396. The molecule has 0 aliphatic carbocycles. The van der Waals surface area contributed by atoms with Crippen molar-refractivity contribution < 1.29 is 19.1 Å². The van der Waals surface area contributed by atoms with Crippen LogP contribution in [0.2, 0.25) is 0 Å². The molecule has 0 spiro atoms. The highest BCUT2D eigenvalue weighted by molar-refractivity contribution is 5.90. The van der Waals surface area contributed by atoms with Gasteiger partial charge in [-0.1, -0.05) is 0 Å². The number of hydrogen-bond acceptors (Lipinski definition) is 6. The van der Waals surface area contributed by atoms with Gasteiger partial charge in [-0.2, -0.15) is 0 Å². The summed E-state index contributed by atoms with van der Waals surface area (Å²) in [6, 6.07) is 0. The summed E-state index contributed by atoms with van der Waals surface area (Å²) in [7, 11) is 9.95. The highest BCUT2D eigenvalue weighted by Gasteiger charge is 2.15. The van der Waals surface area contributed by atoms with Crippen molar-refractivity contribution in [2.75, 3.05) is 42.4 Å². The molecule has 0 amide bonds. The fourth-order valence-corrected chi connectivity index (χ4v) is 1.59. The Morgan fingerprint density at radius 1 is 0.800 bits per heavy atom. The molecule has 0 saturated carbocycles. The van der Waals surface area contributed by atoms with E-state index < -0.39 is 11.9 Å². The zero-order chi connectivity index (χ0) is 15.7. The zero-order valence-corrected chi connectivity index (χ0v) is 13.1. The van der Waals surface area contributed by atoms with E-state index in [1.807, 2.05) is 28.2 Å². The van der Waals surface area contributed by atoms with Gasteiger partial charge in [0, 0.05) is 40.6 Å². The number of ether oxygens (including phenoxy) is 2. The second-order valence-electron chi connectivity index (χ2n) is 4.72. The molecule has 0 saturated heterocycles. The van der Waals surface area contributed by atoms with E-state index in [1.165, 1.54) is 14.2 Å². The van der Waals surface area contributed by atoms with Crippen molar-refractivity contribution in [3.63, 3.8) is 0 Å². The van der Waals surface area contributed by atoms with E-state index in [0.29, 0.717) is 24.0 Å². The predicted octanol–water partition coefficient (Wildman–Crippen LogP) is 1.00. The summed E-state index contributed by atoms with van der Waals surface area (Å²) in [4.78, 5) is 26.8. The van der Waals surface area contributed by atoms with E-state index >= 15 is 0 Å². The number of esters is 2. The van der Waals surface area contributed by atoms with Crippen LogP contribution in [-0.2, 0) is 19.1 Å². The minimum Gasteiger partial charge on any atom is -0.466 e. The Bertz CT molecular complexity index is 360. The van der Waals surface area contributed by atoms with Crippen molar-refractivity contribution >= 4 is 11.9 Å². The number of carbonyl (C=O) groups excluding carboxylic acids is 2. The van der Waals surface area contributed by atoms with E-state index in [-0.39, 0.29) is 0 Å². The van der Waals surface area contributed by atoms with Crippen molar-refractivity contribution in [3.05, 3.63) is 23.5 Å². The third-order valence-corrected chi connectivity index (χ3v) is 2.39. The van der Waals surface area contributed by atoms with Crippen molar-refractivity contribution in [1.29, 1.82) is 0 Å². The average molecular weight is 284 g/mol. The summed E-state index contributed by atoms with van der Waals surface area (Å²) in [5.41, 5.74) is 1.01. The molecule has 0 aliphatic heterocycles. The molecule has 0 bridgehead atoms. The first-order chi connectivity index (χ1) is 9.31. The first-order valence-corrected chi connectivity index (χ1v) is 6.22. The quantitative estimate of drug-likeness (QED) is 0.513. The molecule has 0 aromatic rings. The van der Waals surface area contributed by atoms with Crippen LogP contribution in [0.25, 0.3) is 0 Å². The van der Waals surface area contributed by atoms with Crippen molar-refractivity contribution in [1.82, 2.24) is 9.80 Å². The smallest absolute Gasteiger partial charge is 0.335 e. The maximum absolute atomic E-state index is 11.7. The lowest BCUT2D eigenvalue weighted by atomic mass is 10.1. The molecule has 0 unspecified atom stereocenters. The van der Waals surface area contributed by atoms with Crippen LogP contribution in [0.3, 0.4) is 0 Å². The van der Waals surface area contributed by atoms with Crippen LogP contribution < -0.4 is 0 Å². The molecule has 0 atom stereocenters. The van der Waals surface area contributed by atoms with Crippen LogP contribution in [0.1, 0.15) is 12.8 Å². The summed E-state index contributed by atoms with van der Waals surface area (Å²) in [6.07, 6.45) is 4.19. The van der Waals surface area contributed by atoms with Crippen LogP contribution in [0.5, 0.6) is 0 Å². The van der Waals surface area contributed by atoms with Gasteiger partial charge >= 0.3 is 11.9 Å². The molecular weight excluding hydrogens is 260 g/mol. The third kappa shape index (κ3) is 6.82. The second-order valence-corrected chi connectivity index (χ2v) is 4.72. The van der Waals surface area contributed by atoms with Gasteiger partial charge in [-0.15, -0.1) is 0 Å². The fourth-order valence-electron chi connectivity index (χ4n) is 1.59. The molecule has 6 heteroatoms. The van der Waals surface area contributed by atoms with Crippen LogP contribution in [0.15, 0.2) is 23.5 Å². The first-order valence-electron chi connectivity index (χ1n) is 6.22. The van der Waals surface area contributed by atoms with E-state index in [4.69, 9.17) is 9.47 Å². The zero-order valence-electron chi connectivity index (χ0n) is 13.1. The number of rotatable bonds is 7. The summed E-state index contributed by atoms with van der Waals surface area (Å²) in [5, 5.41) is 0. The molecule has 0 heterocycles. The van der Waals surface area contributed by atoms with E-state index in [0.717, 1.165) is 0 Å².